The van der Waals surface area contributed by atoms with Crippen LogP contribution in [0, 0.1) is 71.0 Å². The molecule has 688 valence electrons. The van der Waals surface area contributed by atoms with Crippen LogP contribution in [0.2, 0.25) is 0 Å². The number of methoxy groups -OCH3 is 2. The second-order valence-electron chi connectivity index (χ2n) is 39.0. The first-order valence-electron chi connectivity index (χ1n) is 49.4. The highest BCUT2D eigenvalue weighted by Gasteiger charge is 2.41. The van der Waals surface area contributed by atoms with E-state index in [9.17, 15) is 57.5 Å². The molecule has 132 heavy (non-hydrogen) atoms. The van der Waals surface area contributed by atoms with Gasteiger partial charge in [-0.3, -0.25) is 57.5 Å². The third-order valence-corrected chi connectivity index (χ3v) is 30.4. The Morgan fingerprint density at radius 3 is 1.26 bits per heavy atom. The van der Waals surface area contributed by atoms with Crippen molar-refractivity contribution >= 4 is 86.1 Å². The number of rotatable bonds is 33. The molecular formula is C118H132O14. The van der Waals surface area contributed by atoms with Crippen molar-refractivity contribution in [2.24, 2.45) is 71.0 Å². The molecule has 0 heterocycles. The molecule has 0 aromatic heterocycles. The Balaban J connectivity index is 0.000000142. The van der Waals surface area contributed by atoms with Crippen LogP contribution in [-0.2, 0) is 88.1 Å². The molecule has 10 aliphatic rings. The van der Waals surface area contributed by atoms with Crippen LogP contribution in [0.15, 0.2) is 217 Å². The maximum Gasteiger partial charge on any atom is 0.228 e. The highest BCUT2D eigenvalue weighted by Crippen LogP contribution is 2.46. The topological polar surface area (TPSA) is 223 Å². The average Bonchev–Trinajstić information content (AvgIpc) is 1.66. The Morgan fingerprint density at radius 2 is 0.811 bits per heavy atom. The monoisotopic (exact) mass is 1770 g/mol. The van der Waals surface area contributed by atoms with Gasteiger partial charge in [0.1, 0.15) is 11.5 Å². The Morgan fingerprint density at radius 1 is 0.386 bits per heavy atom. The van der Waals surface area contributed by atoms with Gasteiger partial charge in [-0.1, -0.05) is 241 Å². The van der Waals surface area contributed by atoms with Crippen molar-refractivity contribution < 1.29 is 67.0 Å². The van der Waals surface area contributed by atoms with Crippen molar-refractivity contribution in [1.29, 1.82) is 0 Å². The van der Waals surface area contributed by atoms with Crippen LogP contribution >= 0.6 is 0 Å². The zero-order valence-corrected chi connectivity index (χ0v) is 78.3. The van der Waals surface area contributed by atoms with E-state index < -0.39 is 28.9 Å². The lowest BCUT2D eigenvalue weighted by molar-refractivity contribution is -0.137. The Bertz CT molecular complexity index is 5580. The third kappa shape index (κ3) is 24.2. The standard InChI is InChI=1S/C34H42O4.C31H36O3.C27H28O4.C26H26O3/c1-4-23(5-2)12-9-13-31(35)34(37)28-19-18-27-21-32(38-3)30(22-29(27)28)33(36)26-16-14-25(15-17-26)20-24-10-7-6-8-11-24;32-29(25-13-7-10-22(19-25)18-21-8-3-1-4-9-21)26-15-14-23-16-17-27(28(23)20-26)31(34)30(33)24-11-5-2-6-12-24;1-17(28)26(29)22-13-12-21-15-25(31-2)24(16-23(21)22)27(30)20-10-8-19(9-11-20)14-18-6-4-3-5-7-18;1-17(27)25(28)23-14-13-20-11-12-22(16-24(20)23)26(29)21-9-7-19(8-10-21)15-18-5-3-2-4-6-18/h6-8,10-11,19,21-23,25-26H,4-5,9,12-18,20H2,1-3H3;1,3-4,8-9,14-15,17,20,22-25,28H,2,5-7,10-13,16,18-19H2;3-7,13,15-16,19-20H,8-12,14H2,1-2H3;2-6,11-12,14,16,19,21H,7-10,13,15H2,1H3. The summed E-state index contributed by atoms with van der Waals surface area (Å²) in [5.74, 6) is 1.60. The number of ketones is 12. The van der Waals surface area contributed by atoms with E-state index in [2.05, 4.69) is 117 Å². The molecule has 0 radical (unpaired) electrons. The number of allylic oxidation sites excluding steroid dienone is 12. The van der Waals surface area contributed by atoms with Gasteiger partial charge >= 0.3 is 0 Å². The maximum absolute atomic E-state index is 13.7. The lowest BCUT2D eigenvalue weighted by atomic mass is 9.73. The Labute approximate surface area is 780 Å². The number of hydrogen-bond acceptors (Lipinski definition) is 14. The van der Waals surface area contributed by atoms with Gasteiger partial charge in [-0.05, 0) is 282 Å². The minimum absolute atomic E-state index is 0.0312. The molecule has 17 rings (SSSR count). The average molecular weight is 1770 g/mol. The summed E-state index contributed by atoms with van der Waals surface area (Å²) >= 11 is 0. The number of benzene rings is 7. The molecule has 5 fully saturated rings. The largest absolute Gasteiger partial charge is 0.496 e. The number of carbonyl (C=O) groups excluding carboxylic acids is 12. The summed E-state index contributed by atoms with van der Waals surface area (Å²) in [6.07, 6.45) is 45.2. The SMILES string of the molecule is CC(=O)C(=O)C1=CCc2ccc(C(=O)C3CCC(Cc4ccccc4)CC3)cc21.CCC(CC)CCCC(=O)C(=O)C1=CCc2cc(OC)c(C(=O)C3CCC(Cc4ccccc4)CC3)cc21.COc1cc2c(cc1C(=O)C1CCC(Cc3ccccc3)CC1)C(C(=O)C(C)=O)=CC2.O=C(C(=O)C1CCCCC1)C1=CCC2C=CC(C(=O)C3CCCC(Cc4ccccc4)C3)=CC12. The summed E-state index contributed by atoms with van der Waals surface area (Å²) in [4.78, 5) is 153. The summed E-state index contributed by atoms with van der Waals surface area (Å²) in [6.45, 7) is 6.92. The van der Waals surface area contributed by atoms with Gasteiger partial charge in [-0.2, -0.15) is 0 Å². The van der Waals surface area contributed by atoms with Gasteiger partial charge in [-0.15, -0.1) is 0 Å². The zero-order chi connectivity index (χ0) is 92.9. The van der Waals surface area contributed by atoms with E-state index in [0.717, 1.165) is 220 Å². The van der Waals surface area contributed by atoms with Gasteiger partial charge in [0.05, 0.1) is 25.3 Å². The summed E-state index contributed by atoms with van der Waals surface area (Å²) in [7, 11) is 3.16. The van der Waals surface area contributed by atoms with Crippen LogP contribution in [0.4, 0.5) is 0 Å². The molecule has 4 unspecified atom stereocenters. The molecule has 0 N–H and O–H groups in total. The molecule has 4 atom stereocenters. The first kappa shape index (κ1) is 96.7. The fraction of sp³-hybridized carbons (Fsp3) is 0.441. The second-order valence-corrected chi connectivity index (χ2v) is 39.0. The van der Waals surface area contributed by atoms with E-state index in [-0.39, 0.29) is 88.3 Å². The molecular weight excluding hydrogens is 1640 g/mol. The number of carbonyl (C=O) groups is 12. The van der Waals surface area contributed by atoms with Crippen molar-refractivity contribution in [3.05, 3.63) is 290 Å². The van der Waals surface area contributed by atoms with Crippen molar-refractivity contribution in [2.75, 3.05) is 14.2 Å². The molecule has 0 bridgehead atoms. The Hall–Kier alpha value is -11.4. The van der Waals surface area contributed by atoms with E-state index in [4.69, 9.17) is 9.47 Å². The highest BCUT2D eigenvalue weighted by molar-refractivity contribution is 6.55. The molecule has 5 saturated carbocycles. The molecule has 0 saturated heterocycles. The van der Waals surface area contributed by atoms with Gasteiger partial charge in [0.2, 0.25) is 34.7 Å². The summed E-state index contributed by atoms with van der Waals surface area (Å²) in [6, 6.07) is 55.2. The van der Waals surface area contributed by atoms with Crippen LogP contribution in [0.3, 0.4) is 0 Å². The van der Waals surface area contributed by atoms with E-state index in [1.165, 1.54) is 42.5 Å². The maximum atomic E-state index is 13.7. The molecule has 7 aromatic carbocycles. The smallest absolute Gasteiger partial charge is 0.228 e. The van der Waals surface area contributed by atoms with E-state index in [1.54, 1.807) is 32.4 Å². The molecule has 10 aliphatic carbocycles. The minimum atomic E-state index is -0.497. The van der Waals surface area contributed by atoms with Crippen LogP contribution in [-0.4, -0.2) is 83.6 Å². The number of ether oxygens (including phenoxy) is 2. The molecule has 0 amide bonds. The fourth-order valence-corrected chi connectivity index (χ4v) is 22.5. The molecule has 14 heteroatoms. The van der Waals surface area contributed by atoms with Crippen LogP contribution in [0.25, 0.3) is 16.7 Å². The highest BCUT2D eigenvalue weighted by atomic mass is 16.5. The number of Topliss-reactive ketones (excluding diaryl/α,β-unsaturated/α-hetero) is 12. The first-order chi connectivity index (χ1) is 64.0. The van der Waals surface area contributed by atoms with E-state index >= 15 is 0 Å². The molecule has 0 spiro atoms. The van der Waals surface area contributed by atoms with Crippen LogP contribution in [0.5, 0.6) is 11.5 Å². The molecule has 7 aromatic rings. The first-order valence-corrected chi connectivity index (χ1v) is 49.4. The van der Waals surface area contributed by atoms with Crippen molar-refractivity contribution in [2.45, 2.75) is 246 Å². The van der Waals surface area contributed by atoms with Gasteiger partial charge in [0.15, 0.2) is 34.7 Å². The Kier molecular flexibility index (Phi) is 33.9. The van der Waals surface area contributed by atoms with Gasteiger partial charge in [0.25, 0.3) is 0 Å². The van der Waals surface area contributed by atoms with E-state index in [0.29, 0.717) is 105 Å². The van der Waals surface area contributed by atoms with Crippen molar-refractivity contribution in [3.8, 4) is 11.5 Å². The van der Waals surface area contributed by atoms with Crippen LogP contribution in [0.1, 0.15) is 288 Å². The minimum Gasteiger partial charge on any atom is -0.496 e. The number of hydrogen-bond donors (Lipinski definition) is 0. The predicted molar refractivity (Wildman–Crippen MR) is 521 cm³/mol. The molecule has 0 aliphatic heterocycles. The summed E-state index contributed by atoms with van der Waals surface area (Å²) in [5, 5.41) is 0. The van der Waals surface area contributed by atoms with Crippen molar-refractivity contribution in [3.63, 3.8) is 0 Å². The lowest BCUT2D eigenvalue weighted by Crippen LogP contribution is -2.30. The molecule has 14 nitrogen and oxygen atoms in total. The second kappa shape index (κ2) is 46.3. The summed E-state index contributed by atoms with van der Waals surface area (Å²) < 4.78 is 11.2. The van der Waals surface area contributed by atoms with Gasteiger partial charge in [-0.25, -0.2) is 0 Å². The predicted octanol–water partition coefficient (Wildman–Crippen LogP) is 24.0. The van der Waals surface area contributed by atoms with E-state index in [1.807, 2.05) is 85.0 Å². The van der Waals surface area contributed by atoms with Gasteiger partial charge < -0.3 is 9.47 Å². The fourth-order valence-electron chi connectivity index (χ4n) is 22.5. The normalized spacial score (nSPS) is 22.1. The third-order valence-electron chi connectivity index (χ3n) is 30.4. The summed E-state index contributed by atoms with van der Waals surface area (Å²) in [5.41, 5.74) is 14.9. The van der Waals surface area contributed by atoms with Crippen molar-refractivity contribution in [1.82, 2.24) is 0 Å². The van der Waals surface area contributed by atoms with Crippen LogP contribution < -0.4 is 9.47 Å². The zero-order valence-electron chi connectivity index (χ0n) is 78.3. The number of fused-ring (bicyclic) bond motifs is 4. The lowest BCUT2D eigenvalue weighted by Gasteiger charge is -2.30. The van der Waals surface area contributed by atoms with Gasteiger partial charge in [0, 0.05) is 89.2 Å². The quantitative estimate of drug-likeness (QED) is 0.0276.